The molecule has 0 fully saturated rings. The number of carbonyl (C=O) groups is 1. The van der Waals surface area contributed by atoms with Gasteiger partial charge in [-0.05, 0) is 61.9 Å². The SMILES string of the molecule is C=C(NCCc1cc2c(c(-c3ccc(F)cc3)n1)OCC2C(N)=O)c1cc(C)c(N=C(C)N)c(F)c1. The second-order valence-corrected chi connectivity index (χ2v) is 8.69. The third kappa shape index (κ3) is 5.19. The number of ether oxygens (including phenoxy) is 1. The molecule has 0 aliphatic carbocycles. The third-order valence-electron chi connectivity index (χ3n) is 5.90. The number of nitrogens with zero attached hydrogens (tertiary/aromatic N) is 2. The number of aliphatic imine (C=N–C) groups is 1. The molecule has 0 saturated carbocycles. The first kappa shape index (κ1) is 24.8. The Bertz CT molecular complexity index is 1340. The van der Waals surface area contributed by atoms with Gasteiger partial charge in [0.25, 0.3) is 0 Å². The van der Waals surface area contributed by atoms with Crippen LogP contribution in [0.2, 0.25) is 0 Å². The Balaban J connectivity index is 1.55. The molecule has 1 aromatic heterocycles. The van der Waals surface area contributed by atoms with E-state index in [-0.39, 0.29) is 23.9 Å². The molecule has 1 aliphatic heterocycles. The fourth-order valence-electron chi connectivity index (χ4n) is 4.11. The zero-order chi connectivity index (χ0) is 26.0. The molecule has 5 N–H and O–H groups in total. The molecule has 9 heteroatoms. The van der Waals surface area contributed by atoms with Crippen LogP contribution in [-0.4, -0.2) is 29.9 Å². The number of hydrogen-bond acceptors (Lipinski definition) is 5. The maximum atomic E-state index is 14.6. The molecule has 0 radical (unpaired) electrons. The van der Waals surface area contributed by atoms with Gasteiger partial charge in [0.05, 0.1) is 5.84 Å². The number of amides is 1. The van der Waals surface area contributed by atoms with Gasteiger partial charge in [0.15, 0.2) is 0 Å². The number of halogens is 2. The molecule has 1 aliphatic rings. The highest BCUT2D eigenvalue weighted by Gasteiger charge is 2.32. The number of aryl methyl sites for hydroxylation is 1. The van der Waals surface area contributed by atoms with E-state index in [1.165, 1.54) is 18.2 Å². The first-order valence-electron chi connectivity index (χ1n) is 11.4. The van der Waals surface area contributed by atoms with Crippen molar-refractivity contribution in [3.63, 3.8) is 0 Å². The molecule has 0 saturated heterocycles. The lowest BCUT2D eigenvalue weighted by molar-refractivity contribution is -0.119. The summed E-state index contributed by atoms with van der Waals surface area (Å²) in [5.74, 6) is -1.18. The Labute approximate surface area is 207 Å². The van der Waals surface area contributed by atoms with Gasteiger partial charge >= 0.3 is 0 Å². The number of benzene rings is 2. The second-order valence-electron chi connectivity index (χ2n) is 8.69. The Morgan fingerprint density at radius 3 is 2.58 bits per heavy atom. The van der Waals surface area contributed by atoms with E-state index in [0.717, 1.165) is 0 Å². The summed E-state index contributed by atoms with van der Waals surface area (Å²) in [4.78, 5) is 20.7. The molecule has 3 aromatic rings. The van der Waals surface area contributed by atoms with Crippen LogP contribution in [0.4, 0.5) is 14.5 Å². The molecule has 1 amide bonds. The molecule has 1 atom stereocenters. The number of pyridine rings is 1. The van der Waals surface area contributed by atoms with Crippen molar-refractivity contribution in [2.45, 2.75) is 26.2 Å². The quantitative estimate of drug-likeness (QED) is 0.324. The van der Waals surface area contributed by atoms with Crippen molar-refractivity contribution in [3.05, 3.63) is 83.1 Å². The van der Waals surface area contributed by atoms with Crippen molar-refractivity contribution in [2.75, 3.05) is 13.2 Å². The molecular weight excluding hydrogens is 464 g/mol. The van der Waals surface area contributed by atoms with Crippen molar-refractivity contribution >= 4 is 23.1 Å². The minimum atomic E-state index is -0.590. The summed E-state index contributed by atoms with van der Waals surface area (Å²) in [5, 5.41) is 3.20. The van der Waals surface area contributed by atoms with Gasteiger partial charge in [-0.2, -0.15) is 0 Å². The molecule has 0 spiro atoms. The van der Waals surface area contributed by atoms with E-state index in [1.54, 1.807) is 38.1 Å². The van der Waals surface area contributed by atoms with Crippen molar-refractivity contribution < 1.29 is 18.3 Å². The van der Waals surface area contributed by atoms with Gasteiger partial charge in [-0.15, -0.1) is 0 Å². The van der Waals surface area contributed by atoms with Gasteiger partial charge in [-0.25, -0.2) is 18.8 Å². The van der Waals surface area contributed by atoms with Gasteiger partial charge in [-0.1, -0.05) is 6.58 Å². The molecule has 4 rings (SSSR count). The highest BCUT2D eigenvalue weighted by molar-refractivity contribution is 5.86. The predicted molar refractivity (Wildman–Crippen MR) is 136 cm³/mol. The van der Waals surface area contributed by atoms with Crippen molar-refractivity contribution in [1.29, 1.82) is 0 Å². The van der Waals surface area contributed by atoms with Gasteiger partial charge in [0.1, 0.15) is 41.3 Å². The largest absolute Gasteiger partial charge is 0.490 e. The van der Waals surface area contributed by atoms with E-state index in [1.807, 2.05) is 0 Å². The fourth-order valence-corrected chi connectivity index (χ4v) is 4.11. The number of hydrogen-bond donors (Lipinski definition) is 3. The maximum Gasteiger partial charge on any atom is 0.228 e. The van der Waals surface area contributed by atoms with Crippen molar-refractivity contribution in [3.8, 4) is 17.0 Å². The molecule has 1 unspecified atom stereocenters. The molecule has 0 bridgehead atoms. The highest BCUT2D eigenvalue weighted by Crippen LogP contribution is 2.41. The monoisotopic (exact) mass is 491 g/mol. The van der Waals surface area contributed by atoms with E-state index >= 15 is 0 Å². The lowest BCUT2D eigenvalue weighted by Gasteiger charge is -2.14. The normalized spacial score (nSPS) is 14.8. The number of aromatic nitrogens is 1. The Morgan fingerprint density at radius 2 is 1.94 bits per heavy atom. The minimum Gasteiger partial charge on any atom is -0.490 e. The Hall–Kier alpha value is -4.27. The smallest absolute Gasteiger partial charge is 0.228 e. The van der Waals surface area contributed by atoms with Crippen LogP contribution in [0, 0.1) is 18.6 Å². The summed E-state index contributed by atoms with van der Waals surface area (Å²) < 4.78 is 33.8. The van der Waals surface area contributed by atoms with E-state index in [2.05, 4.69) is 16.9 Å². The average molecular weight is 492 g/mol. The second kappa shape index (κ2) is 10.2. The molecule has 7 nitrogen and oxygen atoms in total. The highest BCUT2D eigenvalue weighted by atomic mass is 19.1. The number of fused-ring (bicyclic) bond motifs is 1. The van der Waals surface area contributed by atoms with Crippen LogP contribution in [-0.2, 0) is 11.2 Å². The predicted octanol–water partition coefficient (Wildman–Crippen LogP) is 4.11. The van der Waals surface area contributed by atoms with E-state index in [9.17, 15) is 13.6 Å². The minimum absolute atomic E-state index is 0.133. The Morgan fingerprint density at radius 1 is 1.22 bits per heavy atom. The zero-order valence-electron chi connectivity index (χ0n) is 20.1. The summed E-state index contributed by atoms with van der Waals surface area (Å²) in [5.41, 5.74) is 15.7. The molecule has 2 heterocycles. The lowest BCUT2D eigenvalue weighted by Crippen LogP contribution is -2.22. The van der Waals surface area contributed by atoms with Crippen molar-refractivity contribution in [1.82, 2.24) is 10.3 Å². The summed E-state index contributed by atoms with van der Waals surface area (Å²) in [7, 11) is 0. The van der Waals surface area contributed by atoms with E-state index in [4.69, 9.17) is 21.2 Å². The number of nitrogens with one attached hydrogen (secondary N) is 1. The molecule has 2 aromatic carbocycles. The summed E-state index contributed by atoms with van der Waals surface area (Å²) in [6.07, 6.45) is 0.474. The van der Waals surface area contributed by atoms with Crippen LogP contribution in [0.5, 0.6) is 5.75 Å². The van der Waals surface area contributed by atoms with Crippen LogP contribution >= 0.6 is 0 Å². The summed E-state index contributed by atoms with van der Waals surface area (Å²) in [6.45, 7) is 7.95. The lowest BCUT2D eigenvalue weighted by atomic mass is 9.97. The van der Waals surface area contributed by atoms with Crippen LogP contribution in [0.25, 0.3) is 17.0 Å². The fraction of sp³-hybridized carbons (Fsp3) is 0.222. The van der Waals surface area contributed by atoms with Gasteiger partial charge in [-0.3, -0.25) is 4.79 Å². The number of nitrogens with two attached hydrogens (primary N) is 2. The van der Waals surface area contributed by atoms with Gasteiger partial charge in [0.2, 0.25) is 5.91 Å². The molecular formula is C27H27F2N5O2. The standard InChI is InChI=1S/C27H27F2N5O2/c1-14-10-18(11-23(29)24(14)33-16(3)30)15(2)32-9-8-20-12-21-22(27(31)35)13-36-26(21)25(34-20)17-4-6-19(28)7-5-17/h4-7,10-12,22,32H,2,8-9,13H2,1,3H3,(H2,30,33)(H2,31,35). The van der Waals surface area contributed by atoms with Crippen molar-refractivity contribution in [2.24, 2.45) is 16.5 Å². The molecule has 186 valence electrons. The van der Waals surface area contributed by atoms with E-state index < -0.39 is 17.6 Å². The average Bonchev–Trinajstić information content (AvgIpc) is 3.25. The number of primary amides is 1. The summed E-state index contributed by atoms with van der Waals surface area (Å²) >= 11 is 0. The van der Waals surface area contributed by atoms with E-state index in [0.29, 0.717) is 58.1 Å². The summed E-state index contributed by atoms with van der Waals surface area (Å²) in [6, 6.07) is 10.9. The number of rotatable bonds is 8. The van der Waals surface area contributed by atoms with Gasteiger partial charge < -0.3 is 21.5 Å². The Kier molecular flexibility index (Phi) is 7.00. The zero-order valence-corrected chi connectivity index (χ0v) is 20.1. The van der Waals surface area contributed by atoms with Gasteiger partial charge in [0, 0.05) is 41.0 Å². The first-order valence-corrected chi connectivity index (χ1v) is 11.4. The van der Waals surface area contributed by atoms with Crippen LogP contribution in [0.3, 0.4) is 0 Å². The number of amidine groups is 1. The number of carbonyl (C=O) groups excluding carboxylic acids is 1. The first-order chi connectivity index (χ1) is 17.1. The van der Waals surface area contributed by atoms with Crippen LogP contribution in [0.15, 0.2) is 54.0 Å². The van der Waals surface area contributed by atoms with Crippen LogP contribution < -0.4 is 21.5 Å². The van der Waals surface area contributed by atoms with Crippen LogP contribution in [0.1, 0.15) is 35.2 Å². The third-order valence-corrected chi connectivity index (χ3v) is 5.90. The molecule has 36 heavy (non-hydrogen) atoms. The topological polar surface area (TPSA) is 116 Å². The maximum absolute atomic E-state index is 14.6.